The third-order valence-electron chi connectivity index (χ3n) is 4.19. The number of anilines is 1. The van der Waals surface area contributed by atoms with Gasteiger partial charge in [-0.1, -0.05) is 37.3 Å². The fraction of sp³-hybridized carbons (Fsp3) is 0.562. The number of rotatable bonds is 3. The number of nitrogen functional groups attached to an aromatic ring is 1. The normalized spacial score (nSPS) is 16.9. The molecular weight excluding hydrogens is 234 g/mol. The van der Waals surface area contributed by atoms with Crippen molar-refractivity contribution in [2.45, 2.75) is 51.5 Å². The maximum atomic E-state index is 7.77. The lowest BCUT2D eigenvalue weighted by molar-refractivity contribution is 0.553. The predicted octanol–water partition coefficient (Wildman–Crippen LogP) is 3.44. The van der Waals surface area contributed by atoms with E-state index >= 15 is 0 Å². The van der Waals surface area contributed by atoms with Crippen LogP contribution in [0.3, 0.4) is 0 Å². The van der Waals surface area contributed by atoms with E-state index < -0.39 is 0 Å². The molecule has 1 saturated carbocycles. The number of nitrogens with one attached hydrogen (secondary N) is 1. The molecule has 3 heteroatoms. The second-order valence-electron chi connectivity index (χ2n) is 5.69. The first kappa shape index (κ1) is 13.9. The second kappa shape index (κ2) is 6.09. The van der Waals surface area contributed by atoms with E-state index in [1.807, 2.05) is 13.0 Å². The van der Waals surface area contributed by atoms with Gasteiger partial charge in [0.2, 0.25) is 0 Å². The van der Waals surface area contributed by atoms with E-state index in [0.29, 0.717) is 6.04 Å². The fourth-order valence-corrected chi connectivity index (χ4v) is 3.01. The molecule has 1 fully saturated rings. The minimum Gasteiger partial charge on any atom is -0.384 e. The molecule has 1 aliphatic carbocycles. The van der Waals surface area contributed by atoms with Gasteiger partial charge in [-0.05, 0) is 31.9 Å². The molecule has 1 aliphatic rings. The lowest BCUT2D eigenvalue weighted by atomic mass is 10.0. The number of nitrogens with two attached hydrogens (primary N) is 1. The summed E-state index contributed by atoms with van der Waals surface area (Å²) in [4.78, 5) is 2.33. The monoisotopic (exact) mass is 259 g/mol. The van der Waals surface area contributed by atoms with Crippen LogP contribution in [-0.4, -0.2) is 18.9 Å². The standard InChI is InChI=1S/C16H25N3/c1-12-9-10-15(14(11-12)16(17)18)19(2)13-7-5-3-4-6-8-13/h9-11,13H,3-8H2,1-2H3,(H3,17,18). The summed E-state index contributed by atoms with van der Waals surface area (Å²) < 4.78 is 0. The summed E-state index contributed by atoms with van der Waals surface area (Å²) in [6.45, 7) is 2.04. The molecule has 0 radical (unpaired) electrons. The molecule has 0 spiro atoms. The fourth-order valence-electron chi connectivity index (χ4n) is 3.01. The molecule has 2 rings (SSSR count). The topological polar surface area (TPSA) is 53.1 Å². The highest BCUT2D eigenvalue weighted by Crippen LogP contribution is 2.28. The number of benzene rings is 1. The first-order valence-electron chi connectivity index (χ1n) is 7.27. The molecule has 3 N–H and O–H groups in total. The lowest BCUT2D eigenvalue weighted by Crippen LogP contribution is -2.33. The molecule has 3 nitrogen and oxygen atoms in total. The van der Waals surface area contributed by atoms with Gasteiger partial charge in [0.05, 0.1) is 0 Å². The Morgan fingerprint density at radius 2 is 1.84 bits per heavy atom. The van der Waals surface area contributed by atoms with E-state index in [1.54, 1.807) is 0 Å². The first-order valence-corrected chi connectivity index (χ1v) is 7.27. The summed E-state index contributed by atoms with van der Waals surface area (Å²) in [5.74, 6) is 0.166. The van der Waals surface area contributed by atoms with Crippen molar-refractivity contribution in [2.24, 2.45) is 5.73 Å². The van der Waals surface area contributed by atoms with Crippen molar-refractivity contribution in [1.82, 2.24) is 0 Å². The van der Waals surface area contributed by atoms with Gasteiger partial charge in [-0.25, -0.2) is 0 Å². The minimum absolute atomic E-state index is 0.166. The van der Waals surface area contributed by atoms with E-state index in [2.05, 4.69) is 24.1 Å². The highest BCUT2D eigenvalue weighted by Gasteiger charge is 2.20. The van der Waals surface area contributed by atoms with Crippen molar-refractivity contribution in [3.05, 3.63) is 29.3 Å². The quantitative estimate of drug-likeness (QED) is 0.496. The summed E-state index contributed by atoms with van der Waals surface area (Å²) in [6, 6.07) is 6.82. The molecule has 0 saturated heterocycles. The van der Waals surface area contributed by atoms with E-state index in [9.17, 15) is 0 Å². The second-order valence-corrected chi connectivity index (χ2v) is 5.69. The van der Waals surface area contributed by atoms with Crippen LogP contribution in [0.15, 0.2) is 18.2 Å². The molecule has 1 aromatic carbocycles. The third-order valence-corrected chi connectivity index (χ3v) is 4.19. The highest BCUT2D eigenvalue weighted by molar-refractivity contribution is 6.00. The average Bonchev–Trinajstić information content (AvgIpc) is 2.66. The molecule has 1 aromatic rings. The number of nitrogens with zero attached hydrogens (tertiary/aromatic N) is 1. The van der Waals surface area contributed by atoms with Gasteiger partial charge in [0.25, 0.3) is 0 Å². The zero-order valence-electron chi connectivity index (χ0n) is 12.1. The van der Waals surface area contributed by atoms with E-state index in [1.165, 1.54) is 38.5 Å². The van der Waals surface area contributed by atoms with Crippen LogP contribution in [0.1, 0.15) is 49.7 Å². The van der Waals surface area contributed by atoms with Gasteiger partial charge in [-0.3, -0.25) is 5.41 Å². The van der Waals surface area contributed by atoms with Crippen LogP contribution in [0.2, 0.25) is 0 Å². The Morgan fingerprint density at radius 3 is 2.42 bits per heavy atom. The maximum Gasteiger partial charge on any atom is 0.124 e. The largest absolute Gasteiger partial charge is 0.384 e. The summed E-state index contributed by atoms with van der Waals surface area (Å²) in [7, 11) is 2.15. The molecule has 104 valence electrons. The number of aryl methyl sites for hydroxylation is 1. The summed E-state index contributed by atoms with van der Waals surface area (Å²) in [5, 5.41) is 7.77. The Balaban J connectivity index is 2.26. The molecule has 19 heavy (non-hydrogen) atoms. The smallest absolute Gasteiger partial charge is 0.124 e. The zero-order chi connectivity index (χ0) is 13.8. The van der Waals surface area contributed by atoms with Gasteiger partial charge in [0.1, 0.15) is 5.84 Å². The zero-order valence-corrected chi connectivity index (χ0v) is 12.1. The van der Waals surface area contributed by atoms with Gasteiger partial charge in [-0.15, -0.1) is 0 Å². The molecule has 0 aliphatic heterocycles. The minimum atomic E-state index is 0.166. The Labute approximate surface area is 116 Å². The molecular formula is C16H25N3. The van der Waals surface area contributed by atoms with Crippen molar-refractivity contribution >= 4 is 11.5 Å². The van der Waals surface area contributed by atoms with Crippen LogP contribution in [0.25, 0.3) is 0 Å². The number of hydrogen-bond acceptors (Lipinski definition) is 2. The van der Waals surface area contributed by atoms with Gasteiger partial charge in [0.15, 0.2) is 0 Å². The van der Waals surface area contributed by atoms with E-state index in [0.717, 1.165) is 16.8 Å². The van der Waals surface area contributed by atoms with Gasteiger partial charge in [-0.2, -0.15) is 0 Å². The van der Waals surface area contributed by atoms with Crippen LogP contribution in [0, 0.1) is 12.3 Å². The summed E-state index contributed by atoms with van der Waals surface area (Å²) >= 11 is 0. The average molecular weight is 259 g/mol. The Hall–Kier alpha value is -1.51. The van der Waals surface area contributed by atoms with Crippen LogP contribution in [-0.2, 0) is 0 Å². The first-order chi connectivity index (χ1) is 9.09. The molecule has 0 amide bonds. The Kier molecular flexibility index (Phi) is 4.46. The predicted molar refractivity (Wildman–Crippen MR) is 82.1 cm³/mol. The van der Waals surface area contributed by atoms with Gasteiger partial charge < -0.3 is 10.6 Å². The molecule has 0 heterocycles. The van der Waals surface area contributed by atoms with Crippen LogP contribution in [0.5, 0.6) is 0 Å². The number of amidine groups is 1. The molecule has 0 atom stereocenters. The van der Waals surface area contributed by atoms with Crippen molar-refractivity contribution in [1.29, 1.82) is 5.41 Å². The lowest BCUT2D eigenvalue weighted by Gasteiger charge is -2.31. The van der Waals surface area contributed by atoms with Crippen molar-refractivity contribution < 1.29 is 0 Å². The number of hydrogen-bond donors (Lipinski definition) is 2. The molecule has 0 aromatic heterocycles. The van der Waals surface area contributed by atoms with E-state index in [-0.39, 0.29) is 5.84 Å². The van der Waals surface area contributed by atoms with Crippen molar-refractivity contribution in [2.75, 3.05) is 11.9 Å². The van der Waals surface area contributed by atoms with Crippen LogP contribution in [0.4, 0.5) is 5.69 Å². The molecule has 0 unspecified atom stereocenters. The Bertz CT molecular complexity index is 445. The van der Waals surface area contributed by atoms with Crippen molar-refractivity contribution in [3.63, 3.8) is 0 Å². The summed E-state index contributed by atoms with van der Waals surface area (Å²) in [6.07, 6.45) is 7.85. The third kappa shape index (κ3) is 3.28. The van der Waals surface area contributed by atoms with Gasteiger partial charge >= 0.3 is 0 Å². The van der Waals surface area contributed by atoms with Crippen molar-refractivity contribution in [3.8, 4) is 0 Å². The maximum absolute atomic E-state index is 7.77. The molecule has 0 bridgehead atoms. The van der Waals surface area contributed by atoms with Gasteiger partial charge in [0, 0.05) is 24.3 Å². The van der Waals surface area contributed by atoms with Crippen LogP contribution >= 0.6 is 0 Å². The summed E-state index contributed by atoms with van der Waals surface area (Å²) in [5.41, 5.74) is 8.86. The highest BCUT2D eigenvalue weighted by atomic mass is 15.1. The van der Waals surface area contributed by atoms with Crippen LogP contribution < -0.4 is 10.6 Å². The van der Waals surface area contributed by atoms with E-state index in [4.69, 9.17) is 11.1 Å². The Morgan fingerprint density at radius 1 is 1.21 bits per heavy atom. The SMILES string of the molecule is Cc1ccc(N(C)C2CCCCCC2)c(C(=N)N)c1.